The zero-order chi connectivity index (χ0) is 23.5. The monoisotopic (exact) mass is 471 g/mol. The molecule has 0 amide bonds. The Morgan fingerprint density at radius 2 is 1.49 bits per heavy atom. The molecular formula is C30H41N5. The first-order valence-electron chi connectivity index (χ1n) is 14.1. The molecule has 0 radical (unpaired) electrons. The van der Waals surface area contributed by atoms with Crippen LogP contribution in [0.2, 0.25) is 0 Å². The Morgan fingerprint density at radius 1 is 0.800 bits per heavy atom. The number of hydrogen-bond acceptors (Lipinski definition) is 4. The zero-order valence-corrected chi connectivity index (χ0v) is 21.1. The molecule has 5 nitrogen and oxygen atoms in total. The minimum Gasteiger partial charge on any atom is -0.353 e. The molecule has 3 heterocycles. The summed E-state index contributed by atoms with van der Waals surface area (Å²) >= 11 is 0. The van der Waals surface area contributed by atoms with Gasteiger partial charge in [-0.3, -0.25) is 4.90 Å². The Bertz CT molecular complexity index is 1080. The fraction of sp³-hybridized carbons (Fsp3) is 0.567. The maximum Gasteiger partial charge on any atom is 0.204 e. The van der Waals surface area contributed by atoms with Crippen LogP contribution < -0.4 is 10.6 Å². The molecule has 0 bridgehead atoms. The molecule has 3 aromatic rings. The van der Waals surface area contributed by atoms with Crippen LogP contribution in [0.25, 0.3) is 11.0 Å². The molecule has 3 fully saturated rings. The van der Waals surface area contributed by atoms with Crippen LogP contribution in [0.4, 0.5) is 5.95 Å². The summed E-state index contributed by atoms with van der Waals surface area (Å²) in [6.07, 6.45) is 12.8. The summed E-state index contributed by atoms with van der Waals surface area (Å²) < 4.78 is 2.55. The smallest absolute Gasteiger partial charge is 0.204 e. The number of fused-ring (bicyclic) bond motifs is 1. The molecule has 2 saturated heterocycles. The van der Waals surface area contributed by atoms with E-state index >= 15 is 0 Å². The van der Waals surface area contributed by atoms with Crippen LogP contribution >= 0.6 is 0 Å². The van der Waals surface area contributed by atoms with Gasteiger partial charge < -0.3 is 15.2 Å². The van der Waals surface area contributed by atoms with Gasteiger partial charge in [0.05, 0.1) is 11.0 Å². The van der Waals surface area contributed by atoms with Crippen LogP contribution in [-0.4, -0.2) is 46.7 Å². The number of nitrogens with one attached hydrogen (secondary N) is 2. The highest BCUT2D eigenvalue weighted by Crippen LogP contribution is 2.44. The van der Waals surface area contributed by atoms with Crippen molar-refractivity contribution >= 4 is 17.0 Å². The molecule has 6 rings (SSSR count). The van der Waals surface area contributed by atoms with Crippen molar-refractivity contribution in [1.29, 1.82) is 0 Å². The summed E-state index contributed by atoms with van der Waals surface area (Å²) in [4.78, 5) is 7.95. The molecule has 2 aliphatic heterocycles. The lowest BCUT2D eigenvalue weighted by molar-refractivity contribution is 0.0362. The van der Waals surface area contributed by atoms with Gasteiger partial charge in [0.15, 0.2) is 0 Å². The molecule has 1 aromatic heterocycles. The number of benzene rings is 2. The van der Waals surface area contributed by atoms with Crippen LogP contribution in [0.1, 0.15) is 75.8 Å². The molecule has 2 N–H and O–H groups in total. The van der Waals surface area contributed by atoms with Gasteiger partial charge in [-0.25, -0.2) is 4.98 Å². The normalized spacial score (nSPS) is 22.7. The second-order valence-electron chi connectivity index (χ2n) is 11.0. The fourth-order valence-electron chi connectivity index (χ4n) is 7.07. The molecule has 0 spiro atoms. The van der Waals surface area contributed by atoms with Gasteiger partial charge in [0, 0.05) is 30.7 Å². The quantitative estimate of drug-likeness (QED) is 0.442. The van der Waals surface area contributed by atoms with Crippen molar-refractivity contribution in [2.75, 3.05) is 31.5 Å². The topological polar surface area (TPSA) is 45.1 Å². The number of hydrogen-bond donors (Lipinski definition) is 2. The third-order valence-electron chi connectivity index (χ3n) is 8.94. The number of para-hydroxylation sites is 2. The summed E-state index contributed by atoms with van der Waals surface area (Å²) in [5.74, 6) is 1.09. The average Bonchev–Trinajstić information content (AvgIpc) is 3.09. The first kappa shape index (κ1) is 23.1. The Kier molecular flexibility index (Phi) is 6.80. The van der Waals surface area contributed by atoms with Gasteiger partial charge in [-0.1, -0.05) is 68.1 Å². The molecule has 0 atom stereocenters. The van der Waals surface area contributed by atoms with E-state index in [1.807, 2.05) is 0 Å². The molecule has 1 saturated carbocycles. The van der Waals surface area contributed by atoms with Crippen molar-refractivity contribution in [1.82, 2.24) is 19.8 Å². The van der Waals surface area contributed by atoms with E-state index in [1.54, 1.807) is 5.56 Å². The van der Waals surface area contributed by atoms with Crippen LogP contribution in [0, 0.1) is 0 Å². The SMILES string of the molecule is c1ccc(C2(N3CCC(n4c(NC5CCNCC5)nc5ccccc54)CC3)CCCCCC2)cc1. The van der Waals surface area contributed by atoms with E-state index in [-0.39, 0.29) is 5.54 Å². The van der Waals surface area contributed by atoms with Gasteiger partial charge >= 0.3 is 0 Å². The Balaban J connectivity index is 1.26. The van der Waals surface area contributed by atoms with Gasteiger partial charge in [-0.05, 0) is 69.3 Å². The van der Waals surface area contributed by atoms with Crippen molar-refractivity contribution in [3.05, 3.63) is 60.2 Å². The number of piperidine rings is 2. The third kappa shape index (κ3) is 4.61. The molecule has 1 aliphatic carbocycles. The van der Waals surface area contributed by atoms with E-state index in [0.29, 0.717) is 12.1 Å². The molecule has 186 valence electrons. The molecule has 35 heavy (non-hydrogen) atoms. The highest BCUT2D eigenvalue weighted by molar-refractivity contribution is 5.79. The zero-order valence-electron chi connectivity index (χ0n) is 21.1. The Labute approximate surface area is 210 Å². The van der Waals surface area contributed by atoms with E-state index in [1.165, 1.54) is 82.8 Å². The van der Waals surface area contributed by atoms with Crippen molar-refractivity contribution < 1.29 is 0 Å². The second kappa shape index (κ2) is 10.3. The second-order valence-corrected chi connectivity index (χ2v) is 11.0. The minimum atomic E-state index is 0.218. The van der Waals surface area contributed by atoms with Crippen LogP contribution in [0.5, 0.6) is 0 Å². The van der Waals surface area contributed by atoms with E-state index in [2.05, 4.69) is 74.7 Å². The number of imidazole rings is 1. The molecule has 3 aliphatic rings. The average molecular weight is 472 g/mol. The number of rotatable bonds is 5. The van der Waals surface area contributed by atoms with Crippen molar-refractivity contribution in [2.45, 2.75) is 81.8 Å². The maximum absolute atomic E-state index is 5.08. The maximum atomic E-state index is 5.08. The number of nitrogens with zero attached hydrogens (tertiary/aromatic N) is 3. The number of likely N-dealkylation sites (tertiary alicyclic amines) is 1. The van der Waals surface area contributed by atoms with Crippen LogP contribution in [0.3, 0.4) is 0 Å². The van der Waals surface area contributed by atoms with Gasteiger partial charge in [0.2, 0.25) is 5.95 Å². The van der Waals surface area contributed by atoms with E-state index < -0.39 is 0 Å². The Hall–Kier alpha value is -2.37. The summed E-state index contributed by atoms with van der Waals surface area (Å²) in [7, 11) is 0. The fourth-order valence-corrected chi connectivity index (χ4v) is 7.07. The highest BCUT2D eigenvalue weighted by Gasteiger charge is 2.40. The summed E-state index contributed by atoms with van der Waals surface area (Å²) in [5, 5.41) is 7.34. The van der Waals surface area contributed by atoms with Crippen molar-refractivity contribution in [2.24, 2.45) is 0 Å². The molecule has 0 unspecified atom stereocenters. The highest BCUT2D eigenvalue weighted by atomic mass is 15.3. The standard InChI is InChI=1S/C30H41N5/c1-2-9-19-30(18-8-1,24-10-4-3-5-11-24)34-22-16-26(17-23-34)35-28-13-7-6-12-27(28)33-29(35)32-25-14-20-31-21-15-25/h3-7,10-13,25-26,31H,1-2,8-9,14-23H2,(H,32,33). The van der Waals surface area contributed by atoms with E-state index in [0.717, 1.165) is 24.6 Å². The summed E-state index contributed by atoms with van der Waals surface area (Å²) in [6, 6.07) is 21.2. The summed E-state index contributed by atoms with van der Waals surface area (Å²) in [6.45, 7) is 4.52. The van der Waals surface area contributed by atoms with Crippen molar-refractivity contribution in [3.8, 4) is 0 Å². The van der Waals surface area contributed by atoms with E-state index in [9.17, 15) is 0 Å². The van der Waals surface area contributed by atoms with Crippen LogP contribution in [-0.2, 0) is 5.54 Å². The molecular weight excluding hydrogens is 430 g/mol. The lowest BCUT2D eigenvalue weighted by atomic mass is 9.79. The minimum absolute atomic E-state index is 0.218. The number of anilines is 1. The predicted molar refractivity (Wildman–Crippen MR) is 145 cm³/mol. The van der Waals surface area contributed by atoms with Gasteiger partial charge in [-0.2, -0.15) is 0 Å². The van der Waals surface area contributed by atoms with E-state index in [4.69, 9.17) is 4.98 Å². The Morgan fingerprint density at radius 3 is 2.23 bits per heavy atom. The predicted octanol–water partition coefficient (Wildman–Crippen LogP) is 6.09. The first-order valence-corrected chi connectivity index (χ1v) is 14.1. The lowest BCUT2D eigenvalue weighted by Crippen LogP contribution is -2.50. The van der Waals surface area contributed by atoms with Crippen LogP contribution in [0.15, 0.2) is 54.6 Å². The van der Waals surface area contributed by atoms with Gasteiger partial charge in [-0.15, -0.1) is 0 Å². The summed E-state index contributed by atoms with van der Waals surface area (Å²) in [5.41, 5.74) is 4.17. The molecule has 2 aromatic carbocycles. The van der Waals surface area contributed by atoms with Gasteiger partial charge in [0.25, 0.3) is 0 Å². The molecule has 5 heteroatoms. The first-order chi connectivity index (χ1) is 17.3. The number of aromatic nitrogens is 2. The lowest BCUT2D eigenvalue weighted by Gasteiger charge is -2.48. The third-order valence-corrected chi connectivity index (χ3v) is 8.94. The van der Waals surface area contributed by atoms with Crippen molar-refractivity contribution in [3.63, 3.8) is 0 Å². The van der Waals surface area contributed by atoms with Gasteiger partial charge in [0.1, 0.15) is 0 Å². The largest absolute Gasteiger partial charge is 0.353 e.